The zero-order valence-corrected chi connectivity index (χ0v) is 9.13. The van der Waals surface area contributed by atoms with Crippen LogP contribution < -0.4 is 10.6 Å². The van der Waals surface area contributed by atoms with Gasteiger partial charge in [-0.3, -0.25) is 9.69 Å². The number of hydrogen-bond donors (Lipinski definition) is 2. The molecule has 2 N–H and O–H groups in total. The first kappa shape index (κ1) is 10.2. The summed E-state index contributed by atoms with van der Waals surface area (Å²) in [5, 5.41) is 6.11. The Morgan fingerprint density at radius 2 is 2.17 bits per heavy atom. The van der Waals surface area contributed by atoms with Gasteiger partial charge >= 0.3 is 0 Å². The monoisotopic (exact) mass is 283 g/mol. The number of carbonyl (C=O) groups is 1. The van der Waals surface area contributed by atoms with E-state index in [2.05, 4.69) is 38.1 Å². The maximum atomic E-state index is 10.9. The largest absolute Gasteiger partial charge is 0.343 e. The third kappa shape index (κ3) is 3.68. The van der Waals surface area contributed by atoms with Gasteiger partial charge in [0.15, 0.2) is 0 Å². The second-order valence-corrected chi connectivity index (χ2v) is 3.52. The molecule has 1 heterocycles. The van der Waals surface area contributed by atoms with Crippen molar-refractivity contribution in [3.05, 3.63) is 0 Å². The molecule has 0 aromatic carbocycles. The van der Waals surface area contributed by atoms with Crippen molar-refractivity contribution < 1.29 is 4.79 Å². The van der Waals surface area contributed by atoms with Gasteiger partial charge in [0.05, 0.1) is 11.1 Å². The van der Waals surface area contributed by atoms with Crippen LogP contribution in [0.3, 0.4) is 0 Å². The lowest BCUT2D eigenvalue weighted by Gasteiger charge is -2.26. The first-order valence-electron chi connectivity index (χ1n) is 4.08. The van der Waals surface area contributed by atoms with Crippen molar-refractivity contribution in [3.8, 4) is 0 Å². The Labute approximate surface area is 86.2 Å². The van der Waals surface area contributed by atoms with E-state index in [9.17, 15) is 4.79 Å². The number of amides is 1. The lowest BCUT2D eigenvalue weighted by atomic mass is 10.4. The van der Waals surface area contributed by atoms with Crippen molar-refractivity contribution in [2.45, 2.75) is 0 Å². The van der Waals surface area contributed by atoms with Gasteiger partial charge in [-0.05, 0) is 0 Å². The van der Waals surface area contributed by atoms with Crippen LogP contribution >= 0.6 is 22.6 Å². The summed E-state index contributed by atoms with van der Waals surface area (Å²) in [6, 6.07) is 0. The minimum Gasteiger partial charge on any atom is -0.343 e. The summed E-state index contributed by atoms with van der Waals surface area (Å²) in [7, 11) is 0. The Balaban J connectivity index is 2.09. The van der Waals surface area contributed by atoms with Gasteiger partial charge in [-0.25, -0.2) is 0 Å². The van der Waals surface area contributed by atoms with Crippen molar-refractivity contribution in [2.75, 3.05) is 37.3 Å². The molecule has 0 saturated carbocycles. The predicted molar refractivity (Wildman–Crippen MR) is 56.3 cm³/mol. The normalized spacial score (nSPS) is 19.1. The van der Waals surface area contributed by atoms with E-state index >= 15 is 0 Å². The number of rotatable bonds is 3. The maximum absolute atomic E-state index is 10.9. The van der Waals surface area contributed by atoms with E-state index in [0.717, 1.165) is 26.2 Å². The van der Waals surface area contributed by atoms with E-state index in [0.29, 0.717) is 11.1 Å². The summed E-state index contributed by atoms with van der Waals surface area (Å²) in [5.41, 5.74) is 0. The fourth-order valence-electron chi connectivity index (χ4n) is 1.12. The van der Waals surface area contributed by atoms with E-state index in [1.807, 2.05) is 0 Å². The molecule has 0 unspecified atom stereocenters. The average Bonchev–Trinajstić information content (AvgIpc) is 2.16. The molecule has 1 aliphatic heterocycles. The van der Waals surface area contributed by atoms with Crippen molar-refractivity contribution >= 4 is 28.5 Å². The Morgan fingerprint density at radius 1 is 1.50 bits per heavy atom. The summed E-state index contributed by atoms with van der Waals surface area (Å²) in [6.45, 7) is 4.81. The van der Waals surface area contributed by atoms with Crippen LogP contribution in [-0.4, -0.2) is 48.1 Å². The predicted octanol–water partition coefficient (Wildman–Crippen LogP) is -0.600. The zero-order chi connectivity index (χ0) is 8.81. The molecule has 4 nitrogen and oxygen atoms in total. The van der Waals surface area contributed by atoms with Gasteiger partial charge in [-0.1, -0.05) is 22.6 Å². The van der Waals surface area contributed by atoms with Crippen LogP contribution in [0.15, 0.2) is 0 Å². The van der Waals surface area contributed by atoms with Crippen molar-refractivity contribution in [1.82, 2.24) is 15.5 Å². The zero-order valence-electron chi connectivity index (χ0n) is 6.98. The van der Waals surface area contributed by atoms with E-state index in [-0.39, 0.29) is 5.91 Å². The Kier molecular flexibility index (Phi) is 4.86. The second-order valence-electron chi connectivity index (χ2n) is 2.76. The molecule has 0 aromatic heterocycles. The highest BCUT2D eigenvalue weighted by atomic mass is 127. The van der Waals surface area contributed by atoms with E-state index in [1.165, 1.54) is 0 Å². The first-order chi connectivity index (χ1) is 5.83. The summed E-state index contributed by atoms with van der Waals surface area (Å²) in [6.07, 6.45) is 0. The average molecular weight is 283 g/mol. The molecule has 1 amide bonds. The number of piperazine rings is 1. The molecule has 12 heavy (non-hydrogen) atoms. The van der Waals surface area contributed by atoms with Gasteiger partial charge < -0.3 is 10.6 Å². The smallest absolute Gasteiger partial charge is 0.230 e. The quantitative estimate of drug-likeness (QED) is 0.537. The van der Waals surface area contributed by atoms with Crippen molar-refractivity contribution in [1.29, 1.82) is 0 Å². The molecule has 1 aliphatic rings. The molecule has 0 bridgehead atoms. The SMILES string of the molecule is O=C(CI)NCN1CCNCC1. The highest BCUT2D eigenvalue weighted by molar-refractivity contribution is 14.1. The number of alkyl halides is 1. The van der Waals surface area contributed by atoms with Crippen LogP contribution in [0.5, 0.6) is 0 Å². The third-order valence-corrected chi connectivity index (χ3v) is 2.52. The summed E-state index contributed by atoms with van der Waals surface area (Å²) in [5.74, 6) is 0.120. The van der Waals surface area contributed by atoms with E-state index in [4.69, 9.17) is 0 Å². The molecule has 1 saturated heterocycles. The van der Waals surface area contributed by atoms with Crippen LogP contribution in [0.1, 0.15) is 0 Å². The van der Waals surface area contributed by atoms with Crippen molar-refractivity contribution in [2.24, 2.45) is 0 Å². The Hall–Kier alpha value is 0.120. The topological polar surface area (TPSA) is 44.4 Å². The minimum absolute atomic E-state index is 0.120. The molecule has 0 atom stereocenters. The van der Waals surface area contributed by atoms with E-state index < -0.39 is 0 Å². The molecular formula is C7H14IN3O. The van der Waals surface area contributed by atoms with Crippen LogP contribution in [0.4, 0.5) is 0 Å². The van der Waals surface area contributed by atoms with Gasteiger partial charge in [-0.15, -0.1) is 0 Å². The highest BCUT2D eigenvalue weighted by Crippen LogP contribution is 1.89. The summed E-state index contributed by atoms with van der Waals surface area (Å²) < 4.78 is 0.545. The summed E-state index contributed by atoms with van der Waals surface area (Å²) >= 11 is 2.06. The molecule has 70 valence electrons. The van der Waals surface area contributed by atoms with Crippen LogP contribution in [0, 0.1) is 0 Å². The third-order valence-electron chi connectivity index (χ3n) is 1.83. The van der Waals surface area contributed by atoms with Gasteiger partial charge in [-0.2, -0.15) is 0 Å². The molecule has 0 radical (unpaired) electrons. The molecule has 1 rings (SSSR count). The van der Waals surface area contributed by atoms with Crippen LogP contribution in [0.2, 0.25) is 0 Å². The van der Waals surface area contributed by atoms with E-state index in [1.54, 1.807) is 0 Å². The summed E-state index contributed by atoms with van der Waals surface area (Å²) in [4.78, 5) is 13.1. The number of carbonyl (C=O) groups excluding carboxylic acids is 1. The Bertz CT molecular complexity index is 148. The molecule has 0 spiro atoms. The number of nitrogens with one attached hydrogen (secondary N) is 2. The minimum atomic E-state index is 0.120. The maximum Gasteiger partial charge on any atom is 0.230 e. The van der Waals surface area contributed by atoms with Crippen LogP contribution in [0.25, 0.3) is 0 Å². The van der Waals surface area contributed by atoms with Gasteiger partial charge in [0, 0.05) is 26.2 Å². The molecule has 0 aromatic rings. The molecular weight excluding hydrogens is 269 g/mol. The number of halogens is 1. The fourth-order valence-corrected chi connectivity index (χ4v) is 1.39. The highest BCUT2D eigenvalue weighted by Gasteiger charge is 2.09. The van der Waals surface area contributed by atoms with Gasteiger partial charge in [0.25, 0.3) is 0 Å². The van der Waals surface area contributed by atoms with Gasteiger partial charge in [0.1, 0.15) is 0 Å². The van der Waals surface area contributed by atoms with Crippen molar-refractivity contribution in [3.63, 3.8) is 0 Å². The lowest BCUT2D eigenvalue weighted by molar-refractivity contribution is -0.119. The molecule has 5 heteroatoms. The molecule has 0 aliphatic carbocycles. The number of nitrogens with zero attached hydrogens (tertiary/aromatic N) is 1. The first-order valence-corrected chi connectivity index (χ1v) is 5.61. The van der Waals surface area contributed by atoms with Crippen LogP contribution in [-0.2, 0) is 4.79 Å². The second kappa shape index (κ2) is 5.71. The fraction of sp³-hybridized carbons (Fsp3) is 0.857. The lowest BCUT2D eigenvalue weighted by Crippen LogP contribution is -2.48. The molecule has 1 fully saturated rings. The Morgan fingerprint density at radius 3 is 2.75 bits per heavy atom. The number of hydrogen-bond acceptors (Lipinski definition) is 3. The van der Waals surface area contributed by atoms with Gasteiger partial charge in [0.2, 0.25) is 5.91 Å². The standard InChI is InChI=1S/C7H14IN3O/c8-5-7(12)10-6-11-3-1-9-2-4-11/h9H,1-6H2,(H,10,12).